The van der Waals surface area contributed by atoms with E-state index < -0.39 is 10.0 Å². The minimum atomic E-state index is -3.44. The summed E-state index contributed by atoms with van der Waals surface area (Å²) in [6.07, 6.45) is 0. The SMILES string of the molecule is COc1cccc(S(=O)(=O)N2CC(CO)C2)c1. The van der Waals surface area contributed by atoms with Crippen molar-refractivity contribution in [2.45, 2.75) is 4.90 Å². The smallest absolute Gasteiger partial charge is 0.243 e. The van der Waals surface area contributed by atoms with E-state index in [0.717, 1.165) is 0 Å². The number of hydrogen-bond acceptors (Lipinski definition) is 4. The molecule has 2 rings (SSSR count). The molecule has 1 saturated heterocycles. The van der Waals surface area contributed by atoms with Crippen LogP contribution in [0, 0.1) is 5.92 Å². The number of hydrogen-bond donors (Lipinski definition) is 1. The van der Waals surface area contributed by atoms with E-state index in [9.17, 15) is 8.42 Å². The normalized spacial score (nSPS) is 17.8. The lowest BCUT2D eigenvalue weighted by Gasteiger charge is -2.36. The summed E-state index contributed by atoms with van der Waals surface area (Å²) in [7, 11) is -1.94. The molecule has 0 aliphatic carbocycles. The topological polar surface area (TPSA) is 66.8 Å². The summed E-state index contributed by atoms with van der Waals surface area (Å²) in [6.45, 7) is 0.802. The van der Waals surface area contributed by atoms with Crippen LogP contribution in [0.3, 0.4) is 0 Å². The first kappa shape index (κ1) is 12.3. The van der Waals surface area contributed by atoms with Crippen molar-refractivity contribution >= 4 is 10.0 Å². The van der Waals surface area contributed by atoms with Crippen LogP contribution in [0.5, 0.6) is 5.75 Å². The fourth-order valence-corrected chi connectivity index (χ4v) is 3.37. The second-order valence-corrected chi connectivity index (χ2v) is 5.99. The standard InChI is InChI=1S/C11H15NO4S/c1-16-10-3-2-4-11(5-10)17(14,15)12-6-9(7-12)8-13/h2-5,9,13H,6-8H2,1H3. The number of aliphatic hydroxyl groups excluding tert-OH is 1. The minimum Gasteiger partial charge on any atom is -0.497 e. The predicted molar refractivity (Wildman–Crippen MR) is 62.3 cm³/mol. The average Bonchev–Trinajstić information content (AvgIpc) is 2.27. The van der Waals surface area contributed by atoms with Crippen molar-refractivity contribution in [3.05, 3.63) is 24.3 Å². The highest BCUT2D eigenvalue weighted by molar-refractivity contribution is 7.89. The maximum absolute atomic E-state index is 12.1. The summed E-state index contributed by atoms with van der Waals surface area (Å²) >= 11 is 0. The van der Waals surface area contributed by atoms with Crippen molar-refractivity contribution < 1.29 is 18.3 Å². The molecule has 6 heteroatoms. The maximum atomic E-state index is 12.1. The van der Waals surface area contributed by atoms with Crippen LogP contribution in [0.1, 0.15) is 0 Å². The highest BCUT2D eigenvalue weighted by Gasteiger charge is 2.36. The summed E-state index contributed by atoms with van der Waals surface area (Å²) in [5.41, 5.74) is 0. The molecule has 0 amide bonds. The van der Waals surface area contributed by atoms with Crippen molar-refractivity contribution in [1.29, 1.82) is 0 Å². The molecule has 1 aliphatic rings. The van der Waals surface area contributed by atoms with Gasteiger partial charge in [-0.15, -0.1) is 0 Å². The largest absolute Gasteiger partial charge is 0.497 e. The van der Waals surface area contributed by atoms with Crippen molar-refractivity contribution in [1.82, 2.24) is 4.31 Å². The molecule has 17 heavy (non-hydrogen) atoms. The quantitative estimate of drug-likeness (QED) is 0.843. The Kier molecular flexibility index (Phi) is 3.37. The van der Waals surface area contributed by atoms with E-state index in [0.29, 0.717) is 18.8 Å². The molecule has 0 aromatic heterocycles. The number of sulfonamides is 1. The van der Waals surface area contributed by atoms with Gasteiger partial charge in [0.25, 0.3) is 0 Å². The molecule has 5 nitrogen and oxygen atoms in total. The zero-order valence-electron chi connectivity index (χ0n) is 9.54. The van der Waals surface area contributed by atoms with Gasteiger partial charge in [0.15, 0.2) is 0 Å². The number of rotatable bonds is 4. The molecule has 0 saturated carbocycles. The monoisotopic (exact) mass is 257 g/mol. The Morgan fingerprint density at radius 2 is 2.18 bits per heavy atom. The first-order valence-electron chi connectivity index (χ1n) is 5.33. The van der Waals surface area contributed by atoms with E-state index in [1.165, 1.54) is 17.5 Å². The van der Waals surface area contributed by atoms with Gasteiger partial charge in [-0.25, -0.2) is 8.42 Å². The first-order chi connectivity index (χ1) is 8.07. The van der Waals surface area contributed by atoms with Crippen LogP contribution < -0.4 is 4.74 Å². The third kappa shape index (κ3) is 2.29. The molecule has 1 N–H and O–H groups in total. The Labute approximate surface area is 101 Å². The molecular weight excluding hydrogens is 242 g/mol. The molecular formula is C11H15NO4S. The Morgan fingerprint density at radius 3 is 2.76 bits per heavy atom. The van der Waals surface area contributed by atoms with Crippen LogP contribution >= 0.6 is 0 Å². The van der Waals surface area contributed by atoms with E-state index in [2.05, 4.69) is 0 Å². The summed E-state index contributed by atoms with van der Waals surface area (Å²) in [4.78, 5) is 0.230. The molecule has 1 aliphatic heterocycles. The van der Waals surface area contributed by atoms with Crippen molar-refractivity contribution in [2.75, 3.05) is 26.8 Å². The lowest BCUT2D eigenvalue weighted by atomic mass is 10.1. The number of ether oxygens (including phenoxy) is 1. The van der Waals surface area contributed by atoms with Crippen LogP contribution in [-0.4, -0.2) is 44.6 Å². The van der Waals surface area contributed by atoms with Crippen LogP contribution in [-0.2, 0) is 10.0 Å². The van der Waals surface area contributed by atoms with Gasteiger partial charge in [-0.3, -0.25) is 0 Å². The zero-order valence-corrected chi connectivity index (χ0v) is 10.4. The lowest BCUT2D eigenvalue weighted by molar-refractivity contribution is 0.117. The highest BCUT2D eigenvalue weighted by Crippen LogP contribution is 2.26. The minimum absolute atomic E-state index is 0.0319. The van der Waals surface area contributed by atoms with Gasteiger partial charge < -0.3 is 9.84 Å². The van der Waals surface area contributed by atoms with Crippen molar-refractivity contribution in [2.24, 2.45) is 5.92 Å². The molecule has 0 spiro atoms. The Balaban J connectivity index is 2.21. The van der Waals surface area contributed by atoms with Crippen LogP contribution in [0.2, 0.25) is 0 Å². The van der Waals surface area contributed by atoms with E-state index >= 15 is 0 Å². The maximum Gasteiger partial charge on any atom is 0.243 e. The molecule has 1 heterocycles. The van der Waals surface area contributed by atoms with Gasteiger partial charge in [-0.2, -0.15) is 4.31 Å². The summed E-state index contributed by atoms with van der Waals surface area (Å²) in [5, 5.41) is 8.88. The van der Waals surface area contributed by atoms with E-state index in [4.69, 9.17) is 9.84 Å². The first-order valence-corrected chi connectivity index (χ1v) is 6.77. The second kappa shape index (κ2) is 4.64. The van der Waals surface area contributed by atoms with Crippen LogP contribution in [0.25, 0.3) is 0 Å². The van der Waals surface area contributed by atoms with Crippen LogP contribution in [0.15, 0.2) is 29.2 Å². The van der Waals surface area contributed by atoms with Gasteiger partial charge in [0.1, 0.15) is 5.75 Å². The summed E-state index contributed by atoms with van der Waals surface area (Å²) in [6, 6.07) is 6.40. The van der Waals surface area contributed by atoms with E-state index in [1.807, 2.05) is 0 Å². The van der Waals surface area contributed by atoms with Crippen LogP contribution in [0.4, 0.5) is 0 Å². The molecule has 0 bridgehead atoms. The molecule has 1 fully saturated rings. The third-order valence-electron chi connectivity index (χ3n) is 2.86. The number of methoxy groups -OCH3 is 1. The number of benzene rings is 1. The summed E-state index contributed by atoms with van der Waals surface area (Å²) in [5.74, 6) is 0.584. The molecule has 94 valence electrons. The van der Waals surface area contributed by atoms with E-state index in [-0.39, 0.29) is 17.4 Å². The Bertz CT molecular complexity index is 494. The van der Waals surface area contributed by atoms with Gasteiger partial charge in [-0.05, 0) is 12.1 Å². The number of aliphatic hydroxyl groups is 1. The third-order valence-corrected chi connectivity index (χ3v) is 4.69. The van der Waals surface area contributed by atoms with Gasteiger partial charge in [0.2, 0.25) is 10.0 Å². The molecule has 1 aromatic carbocycles. The predicted octanol–water partition coefficient (Wildman–Crippen LogP) is 0.308. The number of nitrogens with zero attached hydrogens (tertiary/aromatic N) is 1. The fourth-order valence-electron chi connectivity index (χ4n) is 1.74. The Hall–Kier alpha value is -1.11. The molecule has 0 atom stereocenters. The van der Waals surface area contributed by atoms with Crippen molar-refractivity contribution in [3.8, 4) is 5.75 Å². The Morgan fingerprint density at radius 1 is 1.47 bits per heavy atom. The molecule has 0 unspecified atom stereocenters. The van der Waals surface area contributed by atoms with Gasteiger partial charge in [0, 0.05) is 31.7 Å². The fraction of sp³-hybridized carbons (Fsp3) is 0.455. The van der Waals surface area contributed by atoms with Gasteiger partial charge >= 0.3 is 0 Å². The lowest BCUT2D eigenvalue weighted by Crippen LogP contribution is -2.51. The molecule has 0 radical (unpaired) electrons. The van der Waals surface area contributed by atoms with Gasteiger partial charge in [-0.1, -0.05) is 6.07 Å². The average molecular weight is 257 g/mol. The summed E-state index contributed by atoms with van der Waals surface area (Å²) < 4.78 is 30.6. The zero-order chi connectivity index (χ0) is 12.5. The highest BCUT2D eigenvalue weighted by atomic mass is 32.2. The van der Waals surface area contributed by atoms with Crippen molar-refractivity contribution in [3.63, 3.8) is 0 Å². The van der Waals surface area contributed by atoms with Gasteiger partial charge in [0.05, 0.1) is 12.0 Å². The molecule has 1 aromatic rings. The van der Waals surface area contributed by atoms with E-state index in [1.54, 1.807) is 18.2 Å². The second-order valence-electron chi connectivity index (χ2n) is 4.05.